The molecule has 14 heavy (non-hydrogen) atoms. The normalized spacial score (nSPS) is 18.6. The van der Waals surface area contributed by atoms with E-state index in [4.69, 9.17) is 4.42 Å². The highest BCUT2D eigenvalue weighted by atomic mass is 32.2. The molecule has 2 rings (SSSR count). The van der Waals surface area contributed by atoms with Crippen molar-refractivity contribution in [1.82, 2.24) is 20.4 Å². The molecule has 0 spiro atoms. The largest absolute Gasteiger partial charge is 0.415 e. The Balaban J connectivity index is 1.89. The number of piperazine rings is 1. The van der Waals surface area contributed by atoms with Crippen LogP contribution in [0.5, 0.6) is 0 Å². The first-order valence-corrected chi connectivity index (χ1v) is 5.90. The number of thioether (sulfide) groups is 1. The van der Waals surface area contributed by atoms with Crippen molar-refractivity contribution in [2.45, 2.75) is 11.8 Å². The summed E-state index contributed by atoms with van der Waals surface area (Å²) < 4.78 is 5.41. The molecule has 0 bridgehead atoms. The van der Waals surface area contributed by atoms with Crippen LogP contribution in [0, 0.1) is 0 Å². The van der Waals surface area contributed by atoms with Crippen molar-refractivity contribution in [2.75, 3.05) is 32.4 Å². The van der Waals surface area contributed by atoms with Gasteiger partial charge in [0, 0.05) is 26.2 Å². The molecule has 1 N–H and O–H groups in total. The van der Waals surface area contributed by atoms with Crippen LogP contribution in [0.25, 0.3) is 0 Å². The summed E-state index contributed by atoms with van der Waals surface area (Å²) in [6.07, 6.45) is 1.93. The topological polar surface area (TPSA) is 54.2 Å². The quantitative estimate of drug-likeness (QED) is 0.725. The molecule has 78 valence electrons. The van der Waals surface area contributed by atoms with Crippen LogP contribution in [-0.2, 0) is 6.54 Å². The molecule has 1 fully saturated rings. The molecule has 0 amide bonds. The molecule has 1 saturated heterocycles. The van der Waals surface area contributed by atoms with Crippen LogP contribution in [0.15, 0.2) is 9.64 Å². The van der Waals surface area contributed by atoms with Crippen molar-refractivity contribution in [1.29, 1.82) is 0 Å². The average molecular weight is 214 g/mol. The molecule has 0 radical (unpaired) electrons. The van der Waals surface area contributed by atoms with E-state index >= 15 is 0 Å². The standard InChI is InChI=1S/C8H14N4OS/c1-14-8-11-10-7(13-8)6-12-4-2-9-3-5-12/h9H,2-6H2,1H3. The Labute approximate surface area is 87.3 Å². The average Bonchev–Trinajstić information content (AvgIpc) is 2.67. The van der Waals surface area contributed by atoms with Crippen LogP contribution in [0.3, 0.4) is 0 Å². The summed E-state index contributed by atoms with van der Waals surface area (Å²) in [7, 11) is 0. The number of hydrogen-bond acceptors (Lipinski definition) is 6. The molecule has 1 aromatic rings. The fraction of sp³-hybridized carbons (Fsp3) is 0.750. The van der Waals surface area contributed by atoms with Crippen LogP contribution in [0.1, 0.15) is 5.89 Å². The molecule has 0 atom stereocenters. The molecule has 1 aromatic heterocycles. The van der Waals surface area contributed by atoms with Crippen molar-refractivity contribution < 1.29 is 4.42 Å². The van der Waals surface area contributed by atoms with E-state index < -0.39 is 0 Å². The van der Waals surface area contributed by atoms with Gasteiger partial charge in [-0.15, -0.1) is 10.2 Å². The molecule has 1 aliphatic heterocycles. The lowest BCUT2D eigenvalue weighted by molar-refractivity contribution is 0.207. The Kier molecular flexibility index (Phi) is 3.39. The number of nitrogens with zero attached hydrogens (tertiary/aromatic N) is 3. The number of hydrogen-bond donors (Lipinski definition) is 1. The number of aromatic nitrogens is 2. The molecular formula is C8H14N4OS. The molecule has 6 heteroatoms. The van der Waals surface area contributed by atoms with Gasteiger partial charge in [-0.2, -0.15) is 0 Å². The maximum atomic E-state index is 5.41. The molecule has 0 saturated carbocycles. The minimum absolute atomic E-state index is 0.648. The zero-order valence-electron chi connectivity index (χ0n) is 8.19. The van der Waals surface area contributed by atoms with Crippen LogP contribution >= 0.6 is 11.8 Å². The first-order chi connectivity index (χ1) is 6.88. The van der Waals surface area contributed by atoms with Crippen molar-refractivity contribution in [3.05, 3.63) is 5.89 Å². The molecular weight excluding hydrogens is 200 g/mol. The Morgan fingerprint density at radius 1 is 1.43 bits per heavy atom. The van der Waals surface area contributed by atoms with E-state index in [-0.39, 0.29) is 0 Å². The molecule has 0 aliphatic carbocycles. The van der Waals surface area contributed by atoms with E-state index in [9.17, 15) is 0 Å². The predicted octanol–water partition coefficient (Wildman–Crippen LogP) is 0.197. The molecule has 5 nitrogen and oxygen atoms in total. The summed E-state index contributed by atoms with van der Waals surface area (Å²) in [5.74, 6) is 0.719. The Morgan fingerprint density at radius 2 is 2.21 bits per heavy atom. The third-order valence-electron chi connectivity index (χ3n) is 2.19. The van der Waals surface area contributed by atoms with E-state index in [1.54, 1.807) is 0 Å². The van der Waals surface area contributed by atoms with E-state index in [0.717, 1.165) is 38.6 Å². The van der Waals surface area contributed by atoms with Gasteiger partial charge < -0.3 is 9.73 Å². The molecule has 2 heterocycles. The van der Waals surface area contributed by atoms with Crippen molar-refractivity contribution >= 4 is 11.8 Å². The Morgan fingerprint density at radius 3 is 2.86 bits per heavy atom. The fourth-order valence-electron chi connectivity index (χ4n) is 1.45. The SMILES string of the molecule is CSc1nnc(CN2CCNCC2)o1. The summed E-state index contributed by atoms with van der Waals surface area (Å²) >= 11 is 1.48. The lowest BCUT2D eigenvalue weighted by atomic mass is 10.3. The van der Waals surface area contributed by atoms with Gasteiger partial charge in [-0.1, -0.05) is 11.8 Å². The first-order valence-electron chi connectivity index (χ1n) is 4.68. The van der Waals surface area contributed by atoms with Gasteiger partial charge in [0.05, 0.1) is 6.54 Å². The summed E-state index contributed by atoms with van der Waals surface area (Å²) in [4.78, 5) is 2.31. The van der Waals surface area contributed by atoms with Gasteiger partial charge >= 0.3 is 0 Å². The van der Waals surface area contributed by atoms with Crippen LogP contribution in [0.2, 0.25) is 0 Å². The highest BCUT2D eigenvalue weighted by Gasteiger charge is 2.13. The zero-order chi connectivity index (χ0) is 9.80. The minimum atomic E-state index is 0.648. The predicted molar refractivity (Wildman–Crippen MR) is 54.2 cm³/mol. The third-order valence-corrected chi connectivity index (χ3v) is 2.71. The lowest BCUT2D eigenvalue weighted by Gasteiger charge is -2.25. The highest BCUT2D eigenvalue weighted by Crippen LogP contribution is 2.13. The van der Waals surface area contributed by atoms with Crippen molar-refractivity contribution in [2.24, 2.45) is 0 Å². The summed E-state index contributed by atoms with van der Waals surface area (Å²) in [6, 6.07) is 0. The van der Waals surface area contributed by atoms with Gasteiger partial charge in [0.1, 0.15) is 0 Å². The third kappa shape index (κ3) is 2.46. The van der Waals surface area contributed by atoms with Gasteiger partial charge in [-0.25, -0.2) is 0 Å². The summed E-state index contributed by atoms with van der Waals surface area (Å²) in [6.45, 7) is 4.97. The Hall–Kier alpha value is -0.590. The second-order valence-corrected chi connectivity index (χ2v) is 3.95. The highest BCUT2D eigenvalue weighted by molar-refractivity contribution is 7.98. The van der Waals surface area contributed by atoms with E-state index in [2.05, 4.69) is 20.4 Å². The van der Waals surface area contributed by atoms with Gasteiger partial charge in [-0.05, 0) is 6.26 Å². The maximum absolute atomic E-state index is 5.41. The van der Waals surface area contributed by atoms with Crippen LogP contribution in [0.4, 0.5) is 0 Å². The van der Waals surface area contributed by atoms with Crippen LogP contribution in [-0.4, -0.2) is 47.5 Å². The molecule has 0 aromatic carbocycles. The Bertz CT molecular complexity index is 285. The van der Waals surface area contributed by atoms with Gasteiger partial charge in [0.15, 0.2) is 0 Å². The summed E-state index contributed by atoms with van der Waals surface area (Å²) in [5.41, 5.74) is 0. The van der Waals surface area contributed by atoms with E-state index in [1.807, 2.05) is 6.26 Å². The van der Waals surface area contributed by atoms with Crippen molar-refractivity contribution in [3.8, 4) is 0 Å². The van der Waals surface area contributed by atoms with E-state index in [1.165, 1.54) is 11.8 Å². The monoisotopic (exact) mass is 214 g/mol. The van der Waals surface area contributed by atoms with Crippen molar-refractivity contribution in [3.63, 3.8) is 0 Å². The zero-order valence-corrected chi connectivity index (χ0v) is 9.01. The fourth-order valence-corrected chi connectivity index (χ4v) is 1.75. The summed E-state index contributed by atoms with van der Waals surface area (Å²) in [5, 5.41) is 11.8. The number of rotatable bonds is 3. The van der Waals surface area contributed by atoms with Gasteiger partial charge in [-0.3, -0.25) is 4.90 Å². The molecule has 1 aliphatic rings. The smallest absolute Gasteiger partial charge is 0.276 e. The van der Waals surface area contributed by atoms with Gasteiger partial charge in [0.2, 0.25) is 5.89 Å². The molecule has 0 unspecified atom stereocenters. The maximum Gasteiger partial charge on any atom is 0.276 e. The lowest BCUT2D eigenvalue weighted by Crippen LogP contribution is -2.42. The second kappa shape index (κ2) is 4.77. The minimum Gasteiger partial charge on any atom is -0.415 e. The number of nitrogens with one attached hydrogen (secondary N) is 1. The second-order valence-electron chi connectivity index (χ2n) is 3.19. The van der Waals surface area contributed by atoms with Crippen LogP contribution < -0.4 is 5.32 Å². The van der Waals surface area contributed by atoms with Gasteiger partial charge in [0.25, 0.3) is 5.22 Å². The first kappa shape index (κ1) is 9.95. The van der Waals surface area contributed by atoms with E-state index in [0.29, 0.717) is 5.22 Å².